The molecule has 1 aromatic carbocycles. The zero-order chi connectivity index (χ0) is 11.9. The quantitative estimate of drug-likeness (QED) is 0.473. The Bertz CT molecular complexity index is 281. The van der Waals surface area contributed by atoms with E-state index in [2.05, 4.69) is 61.3 Å². The normalized spacial score (nSPS) is 12.7. The van der Waals surface area contributed by atoms with Crippen LogP contribution in [0.4, 0.5) is 0 Å². The zero-order valence-electron chi connectivity index (χ0n) is 10.5. The average Bonchev–Trinajstić information content (AvgIpc) is 2.29. The van der Waals surface area contributed by atoms with Crippen molar-refractivity contribution in [2.45, 2.75) is 31.6 Å². The van der Waals surface area contributed by atoms with E-state index >= 15 is 0 Å². The van der Waals surface area contributed by atoms with Crippen LogP contribution in [0.2, 0.25) is 0 Å². The molecule has 0 atom stereocenters. The first-order chi connectivity index (χ1) is 7.70. The van der Waals surface area contributed by atoms with Crippen molar-refractivity contribution in [1.29, 1.82) is 0 Å². The van der Waals surface area contributed by atoms with E-state index in [0.717, 1.165) is 0 Å². The van der Waals surface area contributed by atoms with Gasteiger partial charge in [0.15, 0.2) is 0 Å². The molecular formula is C13H23PS2. The van der Waals surface area contributed by atoms with Gasteiger partial charge >= 0.3 is 109 Å². The van der Waals surface area contributed by atoms with Crippen LogP contribution in [-0.2, 0) is 0 Å². The van der Waals surface area contributed by atoms with Crippen molar-refractivity contribution in [2.24, 2.45) is 0 Å². The summed E-state index contributed by atoms with van der Waals surface area (Å²) in [5.41, 5.74) is 0. The van der Waals surface area contributed by atoms with Gasteiger partial charge in [0, 0.05) is 0 Å². The van der Waals surface area contributed by atoms with Crippen molar-refractivity contribution < 1.29 is 0 Å². The van der Waals surface area contributed by atoms with Gasteiger partial charge < -0.3 is 0 Å². The third-order valence-corrected chi connectivity index (χ3v) is 14.3. The molecule has 0 nitrogen and oxygen atoms in total. The molecule has 0 amide bonds. The Morgan fingerprint density at radius 3 is 2.06 bits per heavy atom. The van der Waals surface area contributed by atoms with Gasteiger partial charge in [0.25, 0.3) is 0 Å². The van der Waals surface area contributed by atoms with E-state index in [1.807, 2.05) is 10.8 Å². The molecule has 0 aliphatic rings. The van der Waals surface area contributed by atoms with Crippen LogP contribution in [0.15, 0.2) is 35.2 Å². The van der Waals surface area contributed by atoms with E-state index in [0.29, 0.717) is 0 Å². The molecule has 0 heterocycles. The summed E-state index contributed by atoms with van der Waals surface area (Å²) >= 11 is 0. The molecule has 0 fully saturated rings. The third-order valence-electron chi connectivity index (χ3n) is 2.64. The maximum absolute atomic E-state index is 2.54. The first kappa shape index (κ1) is 14.4. The predicted octanol–water partition coefficient (Wildman–Crippen LogP) is 5.54. The molecule has 0 bridgehead atoms. The Labute approximate surface area is 108 Å². The Morgan fingerprint density at radius 2 is 1.56 bits per heavy atom. The summed E-state index contributed by atoms with van der Waals surface area (Å²) < 4.78 is 0. The third kappa shape index (κ3) is 5.12. The first-order valence-electron chi connectivity index (χ1n) is 6.11. The minimum atomic E-state index is -1.05. The van der Waals surface area contributed by atoms with Gasteiger partial charge in [0.1, 0.15) is 0 Å². The molecule has 1 rings (SSSR count). The Kier molecular flexibility index (Phi) is 6.87. The van der Waals surface area contributed by atoms with Crippen molar-refractivity contribution in [1.82, 2.24) is 0 Å². The first-order valence-corrected chi connectivity index (χ1v) is 11.9. The molecule has 0 saturated heterocycles. The summed E-state index contributed by atoms with van der Waals surface area (Å²) in [6.45, 7) is 6.12. The molecule has 0 saturated carbocycles. The van der Waals surface area contributed by atoms with Crippen LogP contribution in [0.25, 0.3) is 0 Å². The summed E-state index contributed by atoms with van der Waals surface area (Å²) in [5, 5.41) is 0. The standard InChI is InChI=1S/C13H23PS2/c1-4-11-14(3,12-5-2)16-15-13-9-7-6-8-10-13/h6-10,14H,4-5,11-12H2,1-3H3. The van der Waals surface area contributed by atoms with Gasteiger partial charge in [0.2, 0.25) is 0 Å². The van der Waals surface area contributed by atoms with E-state index in [9.17, 15) is 0 Å². The van der Waals surface area contributed by atoms with Gasteiger partial charge in [-0.2, -0.15) is 0 Å². The van der Waals surface area contributed by atoms with Crippen LogP contribution in [0, 0.1) is 0 Å². The number of rotatable bonds is 7. The van der Waals surface area contributed by atoms with Gasteiger partial charge in [-0.15, -0.1) is 0 Å². The summed E-state index contributed by atoms with van der Waals surface area (Å²) in [6, 6.07) is 10.8. The fourth-order valence-corrected chi connectivity index (χ4v) is 12.1. The average molecular weight is 274 g/mol. The number of hydrogen-bond donors (Lipinski definition) is 0. The van der Waals surface area contributed by atoms with Gasteiger partial charge in [-0.1, -0.05) is 0 Å². The predicted molar refractivity (Wildman–Crippen MR) is 84.4 cm³/mol. The molecule has 92 valence electrons. The second-order valence-electron chi connectivity index (χ2n) is 4.43. The number of hydrogen-bond acceptors (Lipinski definition) is 2. The van der Waals surface area contributed by atoms with E-state index in [4.69, 9.17) is 0 Å². The van der Waals surface area contributed by atoms with Crippen LogP contribution in [0.1, 0.15) is 26.7 Å². The molecule has 0 unspecified atom stereocenters. The topological polar surface area (TPSA) is 0 Å². The molecule has 0 aliphatic heterocycles. The van der Waals surface area contributed by atoms with E-state index in [-0.39, 0.29) is 0 Å². The van der Waals surface area contributed by atoms with Crippen LogP contribution in [0.5, 0.6) is 0 Å². The van der Waals surface area contributed by atoms with Crippen LogP contribution in [0.3, 0.4) is 0 Å². The molecule has 0 N–H and O–H groups in total. The van der Waals surface area contributed by atoms with Crippen molar-refractivity contribution >= 4 is 27.7 Å². The molecular weight excluding hydrogens is 251 g/mol. The second-order valence-corrected chi connectivity index (χ2v) is 14.6. The molecule has 1 aromatic rings. The SMILES string of the molecule is CCC[PH](C)(CCC)SSc1ccccc1. The van der Waals surface area contributed by atoms with E-state index < -0.39 is 6.46 Å². The number of benzene rings is 1. The van der Waals surface area contributed by atoms with E-state index in [1.165, 1.54) is 30.1 Å². The fourth-order valence-electron chi connectivity index (χ4n) is 1.89. The monoisotopic (exact) mass is 274 g/mol. The van der Waals surface area contributed by atoms with Crippen molar-refractivity contribution in [3.63, 3.8) is 0 Å². The molecule has 0 aliphatic carbocycles. The molecule has 0 spiro atoms. The van der Waals surface area contributed by atoms with Crippen molar-refractivity contribution in [3.05, 3.63) is 30.3 Å². The van der Waals surface area contributed by atoms with Crippen molar-refractivity contribution in [3.8, 4) is 0 Å². The molecule has 3 heteroatoms. The summed E-state index contributed by atoms with van der Waals surface area (Å²) in [6.07, 6.45) is 5.58. The minimum absolute atomic E-state index is 1.05. The summed E-state index contributed by atoms with van der Waals surface area (Å²) in [4.78, 5) is 1.40. The maximum atomic E-state index is 2.54. The van der Waals surface area contributed by atoms with Gasteiger partial charge in [-0.25, -0.2) is 0 Å². The zero-order valence-corrected chi connectivity index (χ0v) is 13.2. The second kappa shape index (κ2) is 7.63. The van der Waals surface area contributed by atoms with Crippen LogP contribution >= 0.6 is 27.7 Å². The van der Waals surface area contributed by atoms with Crippen LogP contribution in [-0.4, -0.2) is 19.0 Å². The Balaban J connectivity index is 2.49. The molecule has 16 heavy (non-hydrogen) atoms. The van der Waals surface area contributed by atoms with Crippen molar-refractivity contribution in [2.75, 3.05) is 19.0 Å². The Morgan fingerprint density at radius 1 is 1.00 bits per heavy atom. The fraction of sp³-hybridized carbons (Fsp3) is 0.538. The molecule has 0 aromatic heterocycles. The van der Waals surface area contributed by atoms with E-state index in [1.54, 1.807) is 0 Å². The Hall–Kier alpha value is 0.350. The molecule has 0 radical (unpaired) electrons. The van der Waals surface area contributed by atoms with Gasteiger partial charge in [-0.05, 0) is 0 Å². The summed E-state index contributed by atoms with van der Waals surface area (Å²) in [7, 11) is 4.17. The van der Waals surface area contributed by atoms with Gasteiger partial charge in [0.05, 0.1) is 0 Å². The van der Waals surface area contributed by atoms with Crippen LogP contribution < -0.4 is 0 Å². The van der Waals surface area contributed by atoms with Gasteiger partial charge in [-0.3, -0.25) is 0 Å². The summed E-state index contributed by atoms with van der Waals surface area (Å²) in [5.74, 6) is 0.